The third-order valence-corrected chi connectivity index (χ3v) is 5.18. The third-order valence-electron chi connectivity index (χ3n) is 4.81. The van der Waals surface area contributed by atoms with Crippen LogP contribution < -0.4 is 0 Å². The lowest BCUT2D eigenvalue weighted by molar-refractivity contribution is 0.0696. The van der Waals surface area contributed by atoms with Gasteiger partial charge in [0, 0.05) is 35.3 Å². The van der Waals surface area contributed by atoms with Crippen LogP contribution in [0.2, 0.25) is 5.02 Å². The Hall–Kier alpha value is -2.59. The van der Waals surface area contributed by atoms with Crippen molar-refractivity contribution < 1.29 is 14.7 Å². The summed E-state index contributed by atoms with van der Waals surface area (Å²) < 4.78 is 1.86. The highest BCUT2D eigenvalue weighted by Gasteiger charge is 2.23. The van der Waals surface area contributed by atoms with Crippen LogP contribution in [0.5, 0.6) is 0 Å². The van der Waals surface area contributed by atoms with Gasteiger partial charge in [-0.1, -0.05) is 50.1 Å². The normalized spacial score (nSPS) is 11.1. The first-order valence-corrected chi connectivity index (χ1v) is 9.51. The molecule has 2 heterocycles. The molecule has 3 aromatic rings. The zero-order valence-corrected chi connectivity index (χ0v) is 16.2. The second kappa shape index (κ2) is 7.97. The number of carboxylic acids is 1. The molecular formula is C22H22ClNO3. The van der Waals surface area contributed by atoms with Crippen molar-refractivity contribution in [1.82, 2.24) is 4.40 Å². The van der Waals surface area contributed by atoms with Gasteiger partial charge in [0.2, 0.25) is 0 Å². The Morgan fingerprint density at radius 3 is 2.48 bits per heavy atom. The van der Waals surface area contributed by atoms with Crippen LogP contribution in [0.1, 0.15) is 64.2 Å². The van der Waals surface area contributed by atoms with E-state index in [1.54, 1.807) is 18.3 Å². The van der Waals surface area contributed by atoms with Gasteiger partial charge in [0.15, 0.2) is 5.78 Å². The van der Waals surface area contributed by atoms with Crippen LogP contribution in [0, 0.1) is 0 Å². The molecule has 0 radical (unpaired) electrons. The second-order valence-electron chi connectivity index (χ2n) is 6.57. The molecule has 1 N–H and O–H groups in total. The van der Waals surface area contributed by atoms with Gasteiger partial charge in [-0.2, -0.15) is 0 Å². The third kappa shape index (κ3) is 3.62. The zero-order chi connectivity index (χ0) is 19.6. The van der Waals surface area contributed by atoms with Crippen molar-refractivity contribution in [1.29, 1.82) is 0 Å². The highest BCUT2D eigenvalue weighted by molar-refractivity contribution is 6.31. The van der Waals surface area contributed by atoms with Crippen molar-refractivity contribution in [3.8, 4) is 0 Å². The van der Waals surface area contributed by atoms with Crippen molar-refractivity contribution >= 4 is 28.9 Å². The molecule has 0 saturated carbocycles. The van der Waals surface area contributed by atoms with E-state index in [1.165, 1.54) is 0 Å². The Balaban J connectivity index is 2.31. The molecule has 5 heteroatoms. The number of aromatic carboxylic acids is 1. The Bertz CT molecular complexity index is 1020. The predicted molar refractivity (Wildman–Crippen MR) is 107 cm³/mol. The Kier molecular flexibility index (Phi) is 5.66. The molecule has 0 amide bonds. The van der Waals surface area contributed by atoms with E-state index in [1.807, 2.05) is 35.6 Å². The van der Waals surface area contributed by atoms with E-state index in [0.29, 0.717) is 23.4 Å². The van der Waals surface area contributed by atoms with Crippen LogP contribution >= 0.6 is 11.6 Å². The summed E-state index contributed by atoms with van der Waals surface area (Å²) in [7, 11) is 0. The number of rotatable bonds is 7. The number of ketones is 1. The van der Waals surface area contributed by atoms with Crippen LogP contribution in [0.15, 0.2) is 42.6 Å². The van der Waals surface area contributed by atoms with E-state index in [2.05, 4.69) is 6.92 Å². The smallest absolute Gasteiger partial charge is 0.337 e. The maximum atomic E-state index is 12.7. The number of benzene rings is 1. The molecule has 0 aliphatic heterocycles. The fourth-order valence-electron chi connectivity index (χ4n) is 3.52. The maximum absolute atomic E-state index is 12.7. The van der Waals surface area contributed by atoms with Gasteiger partial charge >= 0.3 is 5.97 Å². The molecule has 1 aromatic carbocycles. The molecule has 27 heavy (non-hydrogen) atoms. The van der Waals surface area contributed by atoms with E-state index in [-0.39, 0.29) is 11.3 Å². The van der Waals surface area contributed by atoms with Crippen LogP contribution in [-0.2, 0) is 12.8 Å². The first kappa shape index (κ1) is 19.2. The highest BCUT2D eigenvalue weighted by atomic mass is 35.5. The summed E-state index contributed by atoms with van der Waals surface area (Å²) >= 11 is 6.36. The summed E-state index contributed by atoms with van der Waals surface area (Å²) in [6, 6.07) is 10.9. The van der Waals surface area contributed by atoms with Gasteiger partial charge in [-0.15, -0.1) is 0 Å². The second-order valence-corrected chi connectivity index (χ2v) is 6.98. The number of carbonyl (C=O) groups excluding carboxylic acids is 1. The summed E-state index contributed by atoms with van der Waals surface area (Å²) in [4.78, 5) is 24.2. The Morgan fingerprint density at radius 1 is 1.11 bits per heavy atom. The molecule has 0 unspecified atom stereocenters. The first-order valence-electron chi connectivity index (χ1n) is 9.13. The molecular weight excluding hydrogens is 362 g/mol. The van der Waals surface area contributed by atoms with Crippen LogP contribution in [-0.4, -0.2) is 21.3 Å². The molecule has 0 bridgehead atoms. The number of hydrogen-bond donors (Lipinski definition) is 1. The number of pyridine rings is 1. The quantitative estimate of drug-likeness (QED) is 0.553. The van der Waals surface area contributed by atoms with Gasteiger partial charge in [-0.3, -0.25) is 4.79 Å². The number of fused-ring (bicyclic) bond motifs is 1. The minimum Gasteiger partial charge on any atom is -0.478 e. The van der Waals surface area contributed by atoms with Gasteiger partial charge < -0.3 is 9.51 Å². The van der Waals surface area contributed by atoms with Crippen molar-refractivity contribution in [2.75, 3.05) is 0 Å². The first-order chi connectivity index (χ1) is 13.0. The van der Waals surface area contributed by atoms with Gasteiger partial charge in [0.25, 0.3) is 0 Å². The predicted octanol–water partition coefficient (Wildman–Crippen LogP) is 5.43. The van der Waals surface area contributed by atoms with Gasteiger partial charge in [0.1, 0.15) is 0 Å². The molecule has 0 atom stereocenters. The van der Waals surface area contributed by atoms with Crippen molar-refractivity contribution in [2.45, 2.75) is 39.5 Å². The number of carboxylic acid groups (broad SMARTS) is 1. The monoisotopic (exact) mass is 383 g/mol. The van der Waals surface area contributed by atoms with E-state index < -0.39 is 5.97 Å². The number of aromatic nitrogens is 1. The zero-order valence-electron chi connectivity index (χ0n) is 15.5. The molecule has 0 aliphatic rings. The molecule has 140 valence electrons. The minimum absolute atomic E-state index is 0.0735. The molecule has 4 nitrogen and oxygen atoms in total. The number of nitrogens with zero attached hydrogens (tertiary/aromatic N) is 1. The number of hydrogen-bond acceptors (Lipinski definition) is 2. The lowest BCUT2D eigenvalue weighted by Gasteiger charge is -2.09. The van der Waals surface area contributed by atoms with Crippen molar-refractivity contribution in [3.63, 3.8) is 0 Å². The lowest BCUT2D eigenvalue weighted by Crippen LogP contribution is -2.03. The highest BCUT2D eigenvalue weighted by Crippen LogP contribution is 2.30. The molecule has 3 rings (SSSR count). The minimum atomic E-state index is -0.991. The maximum Gasteiger partial charge on any atom is 0.337 e. The van der Waals surface area contributed by atoms with E-state index in [0.717, 1.165) is 35.2 Å². The van der Waals surface area contributed by atoms with Crippen LogP contribution in [0.3, 0.4) is 0 Å². The number of halogens is 1. The average Bonchev–Trinajstić information content (AvgIpc) is 2.96. The largest absolute Gasteiger partial charge is 0.478 e. The van der Waals surface area contributed by atoms with Crippen molar-refractivity contribution in [3.05, 3.63) is 75.6 Å². The van der Waals surface area contributed by atoms with Crippen LogP contribution in [0.25, 0.3) is 5.52 Å². The van der Waals surface area contributed by atoms with E-state index in [4.69, 9.17) is 11.6 Å². The topological polar surface area (TPSA) is 58.8 Å². The number of Topliss-reactive ketones (excluding diaryl/α,β-unsaturated/α-hetero) is 1. The standard InChI is InChI=1S/C22H22ClNO3/c1-3-7-16-19(12-14-8-5-6-9-17(14)23)24-13-15(22(26)27)10-11-18(24)21(16)20(25)4-2/h5-6,8-11,13H,3-4,7,12H2,1-2H3,(H,26,27). The Morgan fingerprint density at radius 2 is 1.85 bits per heavy atom. The summed E-state index contributed by atoms with van der Waals surface area (Å²) in [6.45, 7) is 3.92. The van der Waals surface area contributed by atoms with E-state index >= 15 is 0 Å². The molecule has 0 spiro atoms. The molecule has 0 saturated heterocycles. The van der Waals surface area contributed by atoms with Gasteiger partial charge in [0.05, 0.1) is 11.1 Å². The summed E-state index contributed by atoms with van der Waals surface area (Å²) in [5.41, 5.74) is 4.53. The molecule has 2 aromatic heterocycles. The Labute approximate surface area is 163 Å². The molecule has 0 aliphatic carbocycles. The fourth-order valence-corrected chi connectivity index (χ4v) is 3.72. The number of carbonyl (C=O) groups is 2. The fraction of sp³-hybridized carbons (Fsp3) is 0.273. The van der Waals surface area contributed by atoms with E-state index in [9.17, 15) is 14.7 Å². The van der Waals surface area contributed by atoms with Crippen molar-refractivity contribution in [2.24, 2.45) is 0 Å². The van der Waals surface area contributed by atoms with Gasteiger partial charge in [-0.25, -0.2) is 4.79 Å². The summed E-state index contributed by atoms with van der Waals surface area (Å²) in [5.74, 6) is -0.917. The van der Waals surface area contributed by atoms with Gasteiger partial charge in [-0.05, 0) is 35.7 Å². The average molecular weight is 384 g/mol. The summed E-state index contributed by atoms with van der Waals surface area (Å²) in [5, 5.41) is 10.1. The summed E-state index contributed by atoms with van der Waals surface area (Å²) in [6.07, 6.45) is 4.20. The lowest BCUT2D eigenvalue weighted by atomic mass is 9.97. The SMILES string of the molecule is CCCc1c(C(=O)CC)c2ccc(C(=O)O)cn2c1Cc1ccccc1Cl. The molecule has 0 fully saturated rings. The van der Waals surface area contributed by atoms with Crippen LogP contribution in [0.4, 0.5) is 0 Å².